The lowest BCUT2D eigenvalue weighted by Gasteiger charge is -2.23. The van der Waals surface area contributed by atoms with E-state index in [0.29, 0.717) is 0 Å². The van der Waals surface area contributed by atoms with E-state index >= 15 is 0 Å². The van der Waals surface area contributed by atoms with Gasteiger partial charge < -0.3 is 0 Å². The van der Waals surface area contributed by atoms with Crippen LogP contribution in [0.15, 0.2) is 36.4 Å². The molecule has 0 aliphatic carbocycles. The third kappa shape index (κ3) is 15.5. The maximum absolute atomic E-state index is 2.37. The standard InChI is InChI=1S/C20H34.C15H24.C6H14/c1-6-11-19(15-9-12-16(4)5)20-17(7-2)13-10-14-18(20)8-3;1-5-9-12(4)15-13(6-2)10-8-11-14(15)7-3;1-4-5-6(2)3/h10,13-14,16,19H,6-9,11-12,15H2,1-5H3;8,10-12H,5-7,9H2,1-4H3;6H,4-5H2,1-3H3/t19-;12-;/m00./s1. The van der Waals surface area contributed by atoms with Gasteiger partial charge in [0.1, 0.15) is 0 Å². The molecule has 2 aromatic rings. The molecule has 236 valence electrons. The van der Waals surface area contributed by atoms with E-state index in [-0.39, 0.29) is 0 Å². The molecule has 0 aliphatic heterocycles. The van der Waals surface area contributed by atoms with Crippen LogP contribution in [-0.2, 0) is 25.7 Å². The van der Waals surface area contributed by atoms with Gasteiger partial charge in [0, 0.05) is 0 Å². The fourth-order valence-electron chi connectivity index (χ4n) is 6.43. The van der Waals surface area contributed by atoms with E-state index in [2.05, 4.69) is 119 Å². The summed E-state index contributed by atoms with van der Waals surface area (Å²) in [7, 11) is 0. The summed E-state index contributed by atoms with van der Waals surface area (Å²) in [4.78, 5) is 0. The molecule has 2 aromatic carbocycles. The van der Waals surface area contributed by atoms with Gasteiger partial charge in [-0.05, 0) is 102 Å². The molecule has 2 atom stereocenters. The first-order chi connectivity index (χ1) is 19.6. The van der Waals surface area contributed by atoms with Crippen molar-refractivity contribution in [2.24, 2.45) is 11.8 Å². The molecule has 0 bridgehead atoms. The topological polar surface area (TPSA) is 0 Å². The van der Waals surface area contributed by atoms with Crippen molar-refractivity contribution in [3.05, 3.63) is 69.8 Å². The first kappa shape index (κ1) is 39.4. The third-order valence-electron chi connectivity index (χ3n) is 8.56. The molecule has 0 saturated carbocycles. The fourth-order valence-corrected chi connectivity index (χ4v) is 6.43. The number of hydrogen-bond acceptors (Lipinski definition) is 0. The van der Waals surface area contributed by atoms with Crippen LogP contribution in [0.5, 0.6) is 0 Å². The predicted octanol–water partition coefficient (Wildman–Crippen LogP) is 13.7. The van der Waals surface area contributed by atoms with E-state index in [1.165, 1.54) is 70.6 Å². The molecule has 2 rings (SSSR count). The van der Waals surface area contributed by atoms with Gasteiger partial charge in [0.15, 0.2) is 0 Å². The Morgan fingerprint density at radius 3 is 1.15 bits per heavy atom. The summed E-state index contributed by atoms with van der Waals surface area (Å²) in [5, 5.41) is 0. The van der Waals surface area contributed by atoms with Crippen molar-refractivity contribution in [1.82, 2.24) is 0 Å². The zero-order valence-electron chi connectivity index (χ0n) is 30.0. The summed E-state index contributed by atoms with van der Waals surface area (Å²) in [6.45, 7) is 27.5. The summed E-state index contributed by atoms with van der Waals surface area (Å²) < 4.78 is 0. The number of rotatable bonds is 16. The zero-order valence-corrected chi connectivity index (χ0v) is 30.0. The van der Waals surface area contributed by atoms with Crippen molar-refractivity contribution in [1.29, 1.82) is 0 Å². The van der Waals surface area contributed by atoms with Crippen LogP contribution in [0.25, 0.3) is 0 Å². The largest absolute Gasteiger partial charge is 0.0654 e. The summed E-state index contributed by atoms with van der Waals surface area (Å²) in [5.74, 6) is 3.24. The van der Waals surface area contributed by atoms with Gasteiger partial charge in [-0.25, -0.2) is 0 Å². The van der Waals surface area contributed by atoms with E-state index in [9.17, 15) is 0 Å². The highest BCUT2D eigenvalue weighted by Gasteiger charge is 2.17. The summed E-state index contributed by atoms with van der Waals surface area (Å²) in [5.41, 5.74) is 9.61. The first-order valence-electron chi connectivity index (χ1n) is 17.9. The van der Waals surface area contributed by atoms with E-state index in [4.69, 9.17) is 0 Å². The van der Waals surface area contributed by atoms with E-state index in [1.54, 1.807) is 33.4 Å². The van der Waals surface area contributed by atoms with E-state index in [1.807, 2.05) is 0 Å². The van der Waals surface area contributed by atoms with E-state index < -0.39 is 0 Å². The van der Waals surface area contributed by atoms with Crippen LogP contribution in [0, 0.1) is 11.8 Å². The molecule has 0 aromatic heterocycles. The molecular weight excluding hydrogens is 492 g/mol. The average Bonchev–Trinajstić information content (AvgIpc) is 2.96. The SMILES string of the molecule is CCCC(C)C.CCC[C@@H](CCCC(C)C)c1c(CC)cccc1CC.CCC[C@H](C)c1c(CC)cccc1CC. The van der Waals surface area contributed by atoms with Gasteiger partial charge in [-0.2, -0.15) is 0 Å². The van der Waals surface area contributed by atoms with Gasteiger partial charge in [0.25, 0.3) is 0 Å². The van der Waals surface area contributed by atoms with Crippen LogP contribution in [0.3, 0.4) is 0 Å². The van der Waals surface area contributed by atoms with Crippen molar-refractivity contribution in [2.45, 2.75) is 178 Å². The van der Waals surface area contributed by atoms with Crippen LogP contribution < -0.4 is 0 Å². The Kier molecular flexibility index (Phi) is 23.0. The van der Waals surface area contributed by atoms with Crippen molar-refractivity contribution in [2.75, 3.05) is 0 Å². The first-order valence-corrected chi connectivity index (χ1v) is 17.9. The molecule has 0 heteroatoms. The highest BCUT2D eigenvalue weighted by Crippen LogP contribution is 2.33. The summed E-state index contributed by atoms with van der Waals surface area (Å²) in [6, 6.07) is 13.7. The molecule has 41 heavy (non-hydrogen) atoms. The highest BCUT2D eigenvalue weighted by molar-refractivity contribution is 5.39. The van der Waals surface area contributed by atoms with Gasteiger partial charge in [0.2, 0.25) is 0 Å². The molecule has 0 fully saturated rings. The normalized spacial score (nSPS) is 12.4. The second-order valence-corrected chi connectivity index (χ2v) is 13.1. The maximum atomic E-state index is 2.37. The molecule has 0 spiro atoms. The Bertz CT molecular complexity index is 842. The smallest absolute Gasteiger partial charge is 0.0157 e. The van der Waals surface area contributed by atoms with E-state index in [0.717, 1.165) is 36.5 Å². The van der Waals surface area contributed by atoms with Crippen molar-refractivity contribution >= 4 is 0 Å². The third-order valence-corrected chi connectivity index (χ3v) is 8.56. The molecule has 0 N–H and O–H groups in total. The van der Waals surface area contributed by atoms with Gasteiger partial charge in [0.05, 0.1) is 0 Å². The fraction of sp³-hybridized carbons (Fsp3) is 0.707. The molecule has 0 radical (unpaired) electrons. The molecule has 0 amide bonds. The minimum Gasteiger partial charge on any atom is -0.0654 e. The summed E-state index contributed by atoms with van der Waals surface area (Å²) in [6.07, 6.45) is 16.7. The van der Waals surface area contributed by atoms with Gasteiger partial charge in [-0.1, -0.05) is 158 Å². The Labute approximate surface area is 259 Å². The summed E-state index contributed by atoms with van der Waals surface area (Å²) >= 11 is 0. The van der Waals surface area contributed by atoms with Gasteiger partial charge >= 0.3 is 0 Å². The van der Waals surface area contributed by atoms with Crippen LogP contribution >= 0.6 is 0 Å². The lowest BCUT2D eigenvalue weighted by molar-refractivity contribution is 0.479. The average molecular weight is 565 g/mol. The molecule has 0 nitrogen and oxygen atoms in total. The quantitative estimate of drug-likeness (QED) is 0.190. The zero-order chi connectivity index (χ0) is 31.2. The van der Waals surface area contributed by atoms with Crippen LogP contribution in [0.1, 0.15) is 186 Å². The van der Waals surface area contributed by atoms with Crippen molar-refractivity contribution in [3.63, 3.8) is 0 Å². The monoisotopic (exact) mass is 565 g/mol. The Balaban J connectivity index is 0.000000669. The van der Waals surface area contributed by atoms with Crippen molar-refractivity contribution in [3.8, 4) is 0 Å². The molecule has 0 aliphatic rings. The Morgan fingerprint density at radius 2 is 0.829 bits per heavy atom. The maximum Gasteiger partial charge on any atom is -0.0157 e. The minimum atomic E-state index is 0.723. The van der Waals surface area contributed by atoms with Crippen LogP contribution in [-0.4, -0.2) is 0 Å². The Morgan fingerprint density at radius 1 is 0.439 bits per heavy atom. The number of benzene rings is 2. The van der Waals surface area contributed by atoms with Gasteiger partial charge in [-0.15, -0.1) is 0 Å². The molecule has 0 heterocycles. The van der Waals surface area contributed by atoms with Gasteiger partial charge in [-0.3, -0.25) is 0 Å². The van der Waals surface area contributed by atoms with Crippen LogP contribution in [0.2, 0.25) is 0 Å². The second kappa shape index (κ2) is 23.9. The Hall–Kier alpha value is -1.56. The highest BCUT2D eigenvalue weighted by atomic mass is 14.2. The van der Waals surface area contributed by atoms with Crippen molar-refractivity contribution < 1.29 is 0 Å². The lowest BCUT2D eigenvalue weighted by Crippen LogP contribution is -2.07. The molecular formula is C41H72. The molecule has 0 saturated heterocycles. The van der Waals surface area contributed by atoms with Crippen LogP contribution in [0.4, 0.5) is 0 Å². The number of aryl methyl sites for hydroxylation is 4. The molecule has 0 unspecified atom stereocenters. The lowest BCUT2D eigenvalue weighted by atomic mass is 9.82. The predicted molar refractivity (Wildman–Crippen MR) is 190 cm³/mol. The minimum absolute atomic E-state index is 0.723. The second-order valence-electron chi connectivity index (χ2n) is 13.1. The number of hydrogen-bond donors (Lipinski definition) is 0.